The van der Waals surface area contributed by atoms with Gasteiger partial charge in [-0.2, -0.15) is 0 Å². The molecule has 2 N–H and O–H groups in total. The molecular weight excluding hydrogens is 358 g/mol. The molecule has 0 saturated carbocycles. The van der Waals surface area contributed by atoms with Crippen LogP contribution in [0.3, 0.4) is 0 Å². The van der Waals surface area contributed by atoms with Crippen LogP contribution in [0.2, 0.25) is 5.02 Å². The standard InChI is InChI=1S/C17H16ClN5OS/c1-23(11-12-5-3-2-4-6-12)17-22-21-16(25-17)20-15(24)19-14-9-7-13(18)8-10-14/h2-10H,11H2,1H3,(H2,19,20,21,24). The number of nitrogens with one attached hydrogen (secondary N) is 2. The van der Waals surface area contributed by atoms with Crippen LogP contribution in [0, 0.1) is 0 Å². The number of benzene rings is 2. The van der Waals surface area contributed by atoms with E-state index in [9.17, 15) is 4.79 Å². The maximum Gasteiger partial charge on any atom is 0.325 e. The molecular formula is C17H16ClN5OS. The van der Waals surface area contributed by atoms with Gasteiger partial charge in [-0.15, -0.1) is 10.2 Å². The summed E-state index contributed by atoms with van der Waals surface area (Å²) in [4.78, 5) is 14.0. The fourth-order valence-electron chi connectivity index (χ4n) is 2.14. The fourth-order valence-corrected chi connectivity index (χ4v) is 2.96. The molecule has 1 aromatic heterocycles. The summed E-state index contributed by atoms with van der Waals surface area (Å²) in [6, 6.07) is 16.6. The summed E-state index contributed by atoms with van der Waals surface area (Å²) in [5.41, 5.74) is 1.82. The predicted molar refractivity (Wildman–Crippen MR) is 103 cm³/mol. The number of nitrogens with zero attached hydrogens (tertiary/aromatic N) is 3. The van der Waals surface area contributed by atoms with Gasteiger partial charge in [0.1, 0.15) is 0 Å². The lowest BCUT2D eigenvalue weighted by Gasteiger charge is -2.14. The highest BCUT2D eigenvalue weighted by Crippen LogP contribution is 2.24. The van der Waals surface area contributed by atoms with Crippen molar-refractivity contribution in [2.24, 2.45) is 0 Å². The Balaban J connectivity index is 1.57. The summed E-state index contributed by atoms with van der Waals surface area (Å²) < 4.78 is 0. The van der Waals surface area contributed by atoms with E-state index in [2.05, 4.69) is 33.0 Å². The van der Waals surface area contributed by atoms with E-state index in [-0.39, 0.29) is 6.03 Å². The molecule has 3 aromatic rings. The van der Waals surface area contributed by atoms with Crippen LogP contribution < -0.4 is 15.5 Å². The van der Waals surface area contributed by atoms with Crippen LogP contribution in [-0.2, 0) is 6.54 Å². The number of amides is 2. The number of aromatic nitrogens is 2. The minimum atomic E-state index is -0.379. The smallest absolute Gasteiger partial charge is 0.325 e. The lowest BCUT2D eigenvalue weighted by atomic mass is 10.2. The summed E-state index contributed by atoms with van der Waals surface area (Å²) in [6.07, 6.45) is 0. The van der Waals surface area contributed by atoms with Crippen LogP contribution in [0.25, 0.3) is 0 Å². The first-order valence-corrected chi connectivity index (χ1v) is 8.72. The van der Waals surface area contributed by atoms with Crippen LogP contribution >= 0.6 is 22.9 Å². The molecule has 2 amide bonds. The third kappa shape index (κ3) is 4.91. The van der Waals surface area contributed by atoms with Crippen molar-refractivity contribution in [3.63, 3.8) is 0 Å². The summed E-state index contributed by atoms with van der Waals surface area (Å²) in [6.45, 7) is 0.715. The van der Waals surface area contributed by atoms with Gasteiger partial charge in [-0.25, -0.2) is 4.79 Å². The van der Waals surface area contributed by atoms with Gasteiger partial charge in [0, 0.05) is 24.3 Å². The molecule has 25 heavy (non-hydrogen) atoms. The van der Waals surface area contributed by atoms with Crippen LogP contribution in [0.1, 0.15) is 5.56 Å². The quantitative estimate of drug-likeness (QED) is 0.692. The Morgan fingerprint density at radius 3 is 2.52 bits per heavy atom. The number of carbonyl (C=O) groups is 1. The molecule has 3 rings (SSSR count). The van der Waals surface area contributed by atoms with Crippen molar-refractivity contribution in [3.05, 3.63) is 65.2 Å². The summed E-state index contributed by atoms with van der Waals surface area (Å²) in [7, 11) is 1.94. The van der Waals surface area contributed by atoms with Crippen molar-refractivity contribution < 1.29 is 4.79 Å². The molecule has 6 nitrogen and oxygen atoms in total. The molecule has 0 saturated heterocycles. The minimum absolute atomic E-state index is 0.379. The van der Waals surface area contributed by atoms with E-state index in [1.54, 1.807) is 24.3 Å². The molecule has 128 valence electrons. The monoisotopic (exact) mass is 373 g/mol. The normalized spacial score (nSPS) is 10.3. The molecule has 0 aliphatic heterocycles. The molecule has 0 spiro atoms. The highest BCUT2D eigenvalue weighted by atomic mass is 35.5. The maximum absolute atomic E-state index is 12.0. The van der Waals surface area contributed by atoms with E-state index in [0.717, 1.165) is 5.13 Å². The number of halogens is 1. The van der Waals surface area contributed by atoms with E-state index in [1.807, 2.05) is 30.1 Å². The number of urea groups is 1. The van der Waals surface area contributed by atoms with Gasteiger partial charge in [0.15, 0.2) is 0 Å². The van der Waals surface area contributed by atoms with E-state index < -0.39 is 0 Å². The molecule has 8 heteroatoms. The van der Waals surface area contributed by atoms with E-state index in [0.29, 0.717) is 22.4 Å². The first-order chi connectivity index (χ1) is 12.1. The van der Waals surface area contributed by atoms with Gasteiger partial charge in [0.05, 0.1) is 0 Å². The zero-order chi connectivity index (χ0) is 17.6. The fraction of sp³-hybridized carbons (Fsp3) is 0.118. The third-order valence-electron chi connectivity index (χ3n) is 3.33. The first kappa shape index (κ1) is 17.2. The van der Waals surface area contributed by atoms with Crippen LogP contribution in [0.4, 0.5) is 20.7 Å². The molecule has 0 aliphatic carbocycles. The number of carbonyl (C=O) groups excluding carboxylic acids is 1. The van der Waals surface area contributed by atoms with Crippen molar-refractivity contribution in [2.45, 2.75) is 6.54 Å². The zero-order valence-corrected chi connectivity index (χ0v) is 15.0. The third-order valence-corrected chi connectivity index (χ3v) is 4.53. The Bertz CT molecular complexity index is 838. The first-order valence-electron chi connectivity index (χ1n) is 7.52. The SMILES string of the molecule is CN(Cc1ccccc1)c1nnc(NC(=O)Nc2ccc(Cl)cc2)s1. The molecule has 0 unspecified atom stereocenters. The lowest BCUT2D eigenvalue weighted by Crippen LogP contribution is -2.19. The highest BCUT2D eigenvalue weighted by Gasteiger charge is 2.11. The predicted octanol–water partition coefficient (Wildman–Crippen LogP) is 4.47. The largest absolute Gasteiger partial charge is 0.345 e. The topological polar surface area (TPSA) is 70.2 Å². The van der Waals surface area contributed by atoms with Gasteiger partial charge in [-0.1, -0.05) is 53.3 Å². The van der Waals surface area contributed by atoms with Gasteiger partial charge in [-0.05, 0) is 29.8 Å². The number of anilines is 3. The number of rotatable bonds is 5. The van der Waals surface area contributed by atoms with Crippen molar-refractivity contribution in [1.29, 1.82) is 0 Å². The van der Waals surface area contributed by atoms with Crippen molar-refractivity contribution in [2.75, 3.05) is 22.6 Å². The number of hydrogen-bond acceptors (Lipinski definition) is 5. The second-order valence-corrected chi connectivity index (χ2v) is 6.71. The van der Waals surface area contributed by atoms with E-state index >= 15 is 0 Å². The molecule has 0 bridgehead atoms. The molecule has 2 aromatic carbocycles. The second kappa shape index (κ2) is 7.96. The van der Waals surface area contributed by atoms with E-state index in [4.69, 9.17) is 11.6 Å². The van der Waals surface area contributed by atoms with Crippen molar-refractivity contribution in [1.82, 2.24) is 10.2 Å². The summed E-state index contributed by atoms with van der Waals surface area (Å²) in [5.74, 6) is 0. The average Bonchev–Trinajstić information content (AvgIpc) is 3.06. The van der Waals surface area contributed by atoms with Gasteiger partial charge < -0.3 is 10.2 Å². The molecule has 1 heterocycles. The summed E-state index contributed by atoms with van der Waals surface area (Å²) >= 11 is 7.13. The molecule has 0 fully saturated rings. The Labute approximate surface area is 154 Å². The lowest BCUT2D eigenvalue weighted by molar-refractivity contribution is 0.262. The van der Waals surface area contributed by atoms with Gasteiger partial charge in [0.25, 0.3) is 0 Å². The average molecular weight is 374 g/mol. The Kier molecular flexibility index (Phi) is 5.47. The molecule has 0 aliphatic rings. The Morgan fingerprint density at radius 1 is 1.08 bits per heavy atom. The van der Waals surface area contributed by atoms with Gasteiger partial charge in [0.2, 0.25) is 10.3 Å². The molecule has 0 radical (unpaired) electrons. The number of hydrogen-bond donors (Lipinski definition) is 2. The van der Waals surface area contributed by atoms with Crippen LogP contribution in [0.15, 0.2) is 54.6 Å². The van der Waals surface area contributed by atoms with Gasteiger partial charge in [-0.3, -0.25) is 5.32 Å². The van der Waals surface area contributed by atoms with E-state index in [1.165, 1.54) is 16.9 Å². The minimum Gasteiger partial charge on any atom is -0.345 e. The van der Waals surface area contributed by atoms with Crippen LogP contribution in [-0.4, -0.2) is 23.3 Å². The van der Waals surface area contributed by atoms with Crippen molar-refractivity contribution >= 4 is 44.9 Å². The Hall–Kier alpha value is -2.64. The molecule has 0 atom stereocenters. The van der Waals surface area contributed by atoms with Gasteiger partial charge >= 0.3 is 6.03 Å². The Morgan fingerprint density at radius 2 is 1.80 bits per heavy atom. The summed E-state index contributed by atoms with van der Waals surface area (Å²) in [5, 5.41) is 15.3. The van der Waals surface area contributed by atoms with Crippen LogP contribution in [0.5, 0.6) is 0 Å². The maximum atomic E-state index is 12.0. The van der Waals surface area contributed by atoms with Crippen molar-refractivity contribution in [3.8, 4) is 0 Å². The zero-order valence-electron chi connectivity index (χ0n) is 13.4. The second-order valence-electron chi connectivity index (χ2n) is 5.32. The highest BCUT2D eigenvalue weighted by molar-refractivity contribution is 7.19.